The zero-order chi connectivity index (χ0) is 16.6. The van der Waals surface area contributed by atoms with E-state index in [4.69, 9.17) is 22.0 Å². The molecule has 0 unspecified atom stereocenters. The monoisotopic (exact) mass is 330 g/mol. The molecular weight excluding hydrogens is 323 g/mol. The van der Waals surface area contributed by atoms with Gasteiger partial charge in [0, 0.05) is 17.8 Å². The van der Waals surface area contributed by atoms with Crippen molar-refractivity contribution in [2.45, 2.75) is 6.54 Å². The quantitative estimate of drug-likeness (QED) is 0.797. The lowest BCUT2D eigenvalue weighted by atomic mass is 10.1. The fraction of sp³-hybridized carbons (Fsp3) is 0.0667. The van der Waals surface area contributed by atoms with E-state index in [9.17, 15) is 9.18 Å². The number of fused-ring (bicyclic) bond motifs is 1. The average molecular weight is 331 g/mol. The number of hydrogen-bond acceptors (Lipinski definition) is 4. The third kappa shape index (κ3) is 2.84. The molecule has 6 nitrogen and oxygen atoms in total. The molecule has 0 saturated carbocycles. The lowest BCUT2D eigenvalue weighted by Crippen LogP contribution is -2.01. The molecule has 0 spiro atoms. The number of carbonyl (C=O) groups is 1. The van der Waals surface area contributed by atoms with Crippen LogP contribution in [0.4, 0.5) is 4.39 Å². The molecule has 3 aromatic rings. The highest BCUT2D eigenvalue weighted by Crippen LogP contribution is 2.22. The maximum absolute atomic E-state index is 14.1. The summed E-state index contributed by atoms with van der Waals surface area (Å²) >= 11 is 5.86. The number of rotatable bonds is 3. The number of nitriles is 1. The van der Waals surface area contributed by atoms with Crippen molar-refractivity contribution >= 4 is 28.5 Å². The van der Waals surface area contributed by atoms with Crippen molar-refractivity contribution in [2.24, 2.45) is 0 Å². The molecule has 1 aromatic carbocycles. The molecule has 0 aliphatic rings. The van der Waals surface area contributed by atoms with Crippen molar-refractivity contribution in [1.29, 1.82) is 5.26 Å². The van der Waals surface area contributed by atoms with Crippen LogP contribution < -0.4 is 0 Å². The largest absolute Gasteiger partial charge is 0.478 e. The number of pyridine rings is 1. The van der Waals surface area contributed by atoms with Crippen LogP contribution in [0, 0.1) is 17.1 Å². The van der Waals surface area contributed by atoms with E-state index in [1.54, 1.807) is 18.2 Å². The van der Waals surface area contributed by atoms with Gasteiger partial charge < -0.3 is 5.11 Å². The summed E-state index contributed by atoms with van der Waals surface area (Å²) in [6.07, 6.45) is 2.59. The Morgan fingerprint density at radius 3 is 2.87 bits per heavy atom. The van der Waals surface area contributed by atoms with Gasteiger partial charge in [0.05, 0.1) is 11.6 Å². The number of benzene rings is 1. The predicted octanol–water partition coefficient (Wildman–Crippen LogP) is 2.84. The van der Waals surface area contributed by atoms with Crippen molar-refractivity contribution < 1.29 is 14.3 Å². The highest BCUT2D eigenvalue weighted by atomic mass is 35.5. The fourth-order valence-electron chi connectivity index (χ4n) is 2.26. The number of nitrogens with zero attached hydrogens (tertiary/aromatic N) is 4. The second kappa shape index (κ2) is 5.66. The van der Waals surface area contributed by atoms with Gasteiger partial charge in [0.1, 0.15) is 23.0 Å². The minimum absolute atomic E-state index is 0.112. The zero-order valence-electron chi connectivity index (χ0n) is 11.5. The molecule has 3 rings (SSSR count). The van der Waals surface area contributed by atoms with Gasteiger partial charge in [-0.3, -0.25) is 9.67 Å². The second-order valence-corrected chi connectivity index (χ2v) is 5.25. The van der Waals surface area contributed by atoms with Crippen molar-refractivity contribution in [2.75, 3.05) is 0 Å². The van der Waals surface area contributed by atoms with E-state index in [1.807, 2.05) is 0 Å². The molecule has 114 valence electrons. The van der Waals surface area contributed by atoms with Crippen LogP contribution in [0.15, 0.2) is 30.6 Å². The molecule has 1 N–H and O–H groups in total. The Bertz CT molecular complexity index is 978. The van der Waals surface area contributed by atoms with Gasteiger partial charge in [0.2, 0.25) is 0 Å². The van der Waals surface area contributed by atoms with Crippen LogP contribution in [-0.4, -0.2) is 25.8 Å². The summed E-state index contributed by atoms with van der Waals surface area (Å²) in [4.78, 5) is 15.0. The van der Waals surface area contributed by atoms with Crippen LogP contribution in [0.5, 0.6) is 0 Å². The number of aromatic nitrogens is 3. The summed E-state index contributed by atoms with van der Waals surface area (Å²) < 4.78 is 15.4. The van der Waals surface area contributed by atoms with Crippen LogP contribution in [0.3, 0.4) is 0 Å². The molecule has 0 amide bonds. The number of hydrogen-bond donors (Lipinski definition) is 1. The fourth-order valence-corrected chi connectivity index (χ4v) is 2.42. The Morgan fingerprint density at radius 2 is 2.22 bits per heavy atom. The van der Waals surface area contributed by atoms with Gasteiger partial charge in [-0.2, -0.15) is 10.4 Å². The Kier molecular flexibility index (Phi) is 3.68. The molecule has 0 radical (unpaired) electrons. The first-order chi connectivity index (χ1) is 11.0. The zero-order valence-corrected chi connectivity index (χ0v) is 12.3. The maximum atomic E-state index is 14.1. The maximum Gasteiger partial charge on any atom is 0.340 e. The second-order valence-electron chi connectivity index (χ2n) is 4.81. The Hall–Kier alpha value is -2.98. The molecular formula is C15H8ClFN4O2. The molecule has 8 heteroatoms. The molecule has 0 saturated heterocycles. The topological polar surface area (TPSA) is 91.8 Å². The van der Waals surface area contributed by atoms with E-state index in [-0.39, 0.29) is 23.3 Å². The van der Waals surface area contributed by atoms with Gasteiger partial charge in [-0.1, -0.05) is 11.6 Å². The highest BCUT2D eigenvalue weighted by Gasteiger charge is 2.15. The summed E-state index contributed by atoms with van der Waals surface area (Å²) in [6.45, 7) is 0.112. The molecule has 0 bridgehead atoms. The van der Waals surface area contributed by atoms with E-state index < -0.39 is 11.8 Å². The SMILES string of the molecule is N#Cc1nn(Cc2cc(F)c3ncc(Cl)cc3c2)cc1C(=O)O. The van der Waals surface area contributed by atoms with E-state index in [1.165, 1.54) is 23.1 Å². The van der Waals surface area contributed by atoms with Gasteiger partial charge in [-0.25, -0.2) is 9.18 Å². The number of aromatic carboxylic acids is 1. The summed E-state index contributed by atoms with van der Waals surface area (Å²) in [7, 11) is 0. The first kappa shape index (κ1) is 14.9. The van der Waals surface area contributed by atoms with Gasteiger partial charge in [-0.05, 0) is 23.8 Å². The van der Waals surface area contributed by atoms with Crippen LogP contribution in [-0.2, 0) is 6.54 Å². The number of carboxylic acid groups (broad SMARTS) is 1. The van der Waals surface area contributed by atoms with Gasteiger partial charge >= 0.3 is 5.97 Å². The average Bonchev–Trinajstić information content (AvgIpc) is 2.90. The van der Waals surface area contributed by atoms with E-state index in [0.29, 0.717) is 16.0 Å². The van der Waals surface area contributed by atoms with Crippen molar-refractivity contribution in [3.05, 3.63) is 58.3 Å². The molecule has 2 aromatic heterocycles. The van der Waals surface area contributed by atoms with Crippen molar-refractivity contribution in [3.63, 3.8) is 0 Å². The lowest BCUT2D eigenvalue weighted by molar-refractivity contribution is 0.0696. The van der Waals surface area contributed by atoms with Crippen LogP contribution in [0.1, 0.15) is 21.6 Å². The minimum Gasteiger partial charge on any atom is -0.478 e. The normalized spacial score (nSPS) is 10.7. The molecule has 0 atom stereocenters. The Labute approximate surface area is 134 Å². The number of carboxylic acids is 1. The molecule has 23 heavy (non-hydrogen) atoms. The summed E-state index contributed by atoms with van der Waals surface area (Å²) in [5.41, 5.74) is 0.354. The lowest BCUT2D eigenvalue weighted by Gasteiger charge is -2.05. The predicted molar refractivity (Wildman–Crippen MR) is 79.7 cm³/mol. The van der Waals surface area contributed by atoms with Crippen LogP contribution in [0.2, 0.25) is 5.02 Å². The number of halogens is 2. The third-order valence-corrected chi connectivity index (χ3v) is 3.41. The summed E-state index contributed by atoms with van der Waals surface area (Å²) in [5.74, 6) is -1.76. The first-order valence-corrected chi connectivity index (χ1v) is 6.80. The van der Waals surface area contributed by atoms with Crippen molar-refractivity contribution in [3.8, 4) is 6.07 Å². The highest BCUT2D eigenvalue weighted by molar-refractivity contribution is 6.31. The standard InChI is InChI=1S/C15H8ClFN4O2/c16-10-3-9-1-8(2-12(17)14(9)19-5-10)6-21-7-11(15(22)23)13(4-18)20-21/h1-3,5,7H,6H2,(H,22,23). The van der Waals surface area contributed by atoms with E-state index in [2.05, 4.69) is 10.1 Å². The molecule has 2 heterocycles. The smallest absolute Gasteiger partial charge is 0.340 e. The molecule has 0 aliphatic carbocycles. The minimum atomic E-state index is -1.24. The first-order valence-electron chi connectivity index (χ1n) is 6.42. The van der Waals surface area contributed by atoms with Crippen LogP contribution >= 0.6 is 11.6 Å². The van der Waals surface area contributed by atoms with E-state index in [0.717, 1.165) is 0 Å². The van der Waals surface area contributed by atoms with Gasteiger partial charge in [0.15, 0.2) is 5.69 Å². The Morgan fingerprint density at radius 1 is 1.43 bits per heavy atom. The van der Waals surface area contributed by atoms with Gasteiger partial charge in [0.25, 0.3) is 0 Å². The van der Waals surface area contributed by atoms with E-state index >= 15 is 0 Å². The Balaban J connectivity index is 2.02. The summed E-state index contributed by atoms with van der Waals surface area (Å²) in [6, 6.07) is 6.28. The molecule has 0 aliphatic heterocycles. The van der Waals surface area contributed by atoms with Gasteiger partial charge in [-0.15, -0.1) is 0 Å². The third-order valence-electron chi connectivity index (χ3n) is 3.21. The van der Waals surface area contributed by atoms with Crippen LogP contribution in [0.25, 0.3) is 10.9 Å². The molecule has 0 fully saturated rings. The van der Waals surface area contributed by atoms with Crippen molar-refractivity contribution in [1.82, 2.24) is 14.8 Å². The summed E-state index contributed by atoms with van der Waals surface area (Å²) in [5, 5.41) is 22.7.